The monoisotopic (exact) mass is 412 g/mol. The zero-order valence-corrected chi connectivity index (χ0v) is 16.9. The Morgan fingerprint density at radius 3 is 2.80 bits per heavy atom. The first-order valence-electron chi connectivity index (χ1n) is 8.80. The van der Waals surface area contributed by atoms with Gasteiger partial charge in [0.15, 0.2) is 5.96 Å². The molecule has 0 radical (unpaired) electrons. The number of rotatable bonds is 7. The van der Waals surface area contributed by atoms with Crippen molar-refractivity contribution in [2.24, 2.45) is 4.99 Å². The van der Waals surface area contributed by atoms with Crippen LogP contribution in [0.2, 0.25) is 0 Å². The molecule has 1 aliphatic heterocycles. The van der Waals surface area contributed by atoms with Gasteiger partial charge in [-0.25, -0.2) is 4.99 Å². The first-order valence-corrected chi connectivity index (χ1v) is 9.59. The molecule has 1 unspecified atom stereocenters. The van der Waals surface area contributed by atoms with Crippen molar-refractivity contribution in [3.05, 3.63) is 28.2 Å². The lowest BCUT2D eigenvalue weighted by atomic mass is 10.2. The van der Waals surface area contributed by atoms with Crippen LogP contribution in [0, 0.1) is 0 Å². The maximum absolute atomic E-state index is 5.42. The molecule has 1 aliphatic rings. The molecular weight excluding hydrogens is 384 g/mol. The predicted octanol–water partition coefficient (Wildman–Crippen LogP) is 2.23. The van der Waals surface area contributed by atoms with E-state index in [1.807, 2.05) is 18.2 Å². The van der Waals surface area contributed by atoms with E-state index >= 15 is 0 Å². The Bertz CT molecular complexity index is 562. The Labute approximate surface area is 159 Å². The fourth-order valence-corrected chi connectivity index (χ4v) is 3.18. The van der Waals surface area contributed by atoms with Crippen LogP contribution in [0.3, 0.4) is 0 Å². The highest BCUT2D eigenvalue weighted by atomic mass is 79.9. The van der Waals surface area contributed by atoms with Crippen molar-refractivity contribution in [2.45, 2.75) is 26.4 Å². The molecule has 0 amide bonds. The average Bonchev–Trinajstić information content (AvgIpc) is 2.64. The number of morpholine rings is 1. The zero-order chi connectivity index (χ0) is 18.1. The number of guanidine groups is 1. The Morgan fingerprint density at radius 2 is 2.12 bits per heavy atom. The molecule has 2 N–H and O–H groups in total. The second-order valence-electron chi connectivity index (χ2n) is 6.03. The van der Waals surface area contributed by atoms with Crippen LogP contribution in [-0.4, -0.2) is 63.4 Å². The summed E-state index contributed by atoms with van der Waals surface area (Å²) < 4.78 is 11.9. The molecule has 1 atom stereocenters. The van der Waals surface area contributed by atoms with Crippen LogP contribution in [0.1, 0.15) is 19.4 Å². The maximum Gasteiger partial charge on any atom is 0.191 e. The number of nitrogens with zero attached hydrogens (tertiary/aromatic N) is 2. The summed E-state index contributed by atoms with van der Waals surface area (Å²) in [5.41, 5.74) is 1.05. The number of halogens is 1. The highest BCUT2D eigenvalue weighted by Crippen LogP contribution is 2.23. The quantitative estimate of drug-likeness (QED) is 0.531. The molecule has 2 rings (SSSR count). The smallest absolute Gasteiger partial charge is 0.191 e. The summed E-state index contributed by atoms with van der Waals surface area (Å²) >= 11 is 3.51. The van der Waals surface area contributed by atoms with E-state index < -0.39 is 0 Å². The second-order valence-corrected chi connectivity index (χ2v) is 6.95. The van der Waals surface area contributed by atoms with Crippen molar-refractivity contribution in [2.75, 3.05) is 46.5 Å². The molecule has 0 bridgehead atoms. The van der Waals surface area contributed by atoms with Crippen LogP contribution in [0.15, 0.2) is 27.7 Å². The standard InChI is InChI=1S/C18H29BrN4O2/c1-4-20-18(21-12-14(2)23-7-9-25-10-8-23)22-13-15-11-16(19)5-6-17(15)24-3/h5-6,11,14H,4,7-10,12-13H2,1-3H3,(H2,20,21,22). The van der Waals surface area contributed by atoms with Crippen molar-refractivity contribution < 1.29 is 9.47 Å². The van der Waals surface area contributed by atoms with Crippen molar-refractivity contribution in [3.63, 3.8) is 0 Å². The Morgan fingerprint density at radius 1 is 1.36 bits per heavy atom. The van der Waals surface area contributed by atoms with Crippen molar-refractivity contribution in [1.82, 2.24) is 15.5 Å². The van der Waals surface area contributed by atoms with Crippen molar-refractivity contribution in [1.29, 1.82) is 0 Å². The molecular formula is C18H29BrN4O2. The third kappa shape index (κ3) is 6.49. The van der Waals surface area contributed by atoms with Crippen molar-refractivity contribution >= 4 is 21.9 Å². The van der Waals surface area contributed by atoms with Gasteiger partial charge in [0.05, 0.1) is 26.9 Å². The number of aliphatic imine (C=N–C) groups is 1. The molecule has 0 spiro atoms. The van der Waals surface area contributed by atoms with Gasteiger partial charge in [-0.05, 0) is 32.0 Å². The second kappa shape index (κ2) is 10.6. The summed E-state index contributed by atoms with van der Waals surface area (Å²) in [4.78, 5) is 7.14. The molecule has 0 aromatic heterocycles. The molecule has 25 heavy (non-hydrogen) atoms. The van der Waals surface area contributed by atoms with Gasteiger partial charge in [-0.3, -0.25) is 4.90 Å². The van der Waals surface area contributed by atoms with Crippen LogP contribution in [0.25, 0.3) is 0 Å². The van der Waals surface area contributed by atoms with Gasteiger partial charge in [0, 0.05) is 42.3 Å². The molecule has 1 aromatic carbocycles. The lowest BCUT2D eigenvalue weighted by Gasteiger charge is -2.32. The van der Waals surface area contributed by atoms with Crippen LogP contribution in [0.4, 0.5) is 0 Å². The molecule has 1 saturated heterocycles. The van der Waals surface area contributed by atoms with Gasteiger partial charge in [0.1, 0.15) is 5.75 Å². The Balaban J connectivity index is 1.94. The van der Waals surface area contributed by atoms with Gasteiger partial charge in [-0.2, -0.15) is 0 Å². The normalized spacial score (nSPS) is 17.2. The fourth-order valence-electron chi connectivity index (χ4n) is 2.77. The minimum absolute atomic E-state index is 0.438. The number of ether oxygens (including phenoxy) is 2. The van der Waals surface area contributed by atoms with E-state index in [1.165, 1.54) is 0 Å². The van der Waals surface area contributed by atoms with E-state index in [1.54, 1.807) is 7.11 Å². The van der Waals surface area contributed by atoms with E-state index in [-0.39, 0.29) is 0 Å². The van der Waals surface area contributed by atoms with Gasteiger partial charge in [0.2, 0.25) is 0 Å². The van der Waals surface area contributed by atoms with Gasteiger partial charge in [-0.15, -0.1) is 0 Å². The maximum atomic E-state index is 5.42. The predicted molar refractivity (Wildman–Crippen MR) is 105 cm³/mol. The van der Waals surface area contributed by atoms with E-state index in [4.69, 9.17) is 14.5 Å². The van der Waals surface area contributed by atoms with Gasteiger partial charge < -0.3 is 20.1 Å². The lowest BCUT2D eigenvalue weighted by molar-refractivity contribution is 0.0211. The highest BCUT2D eigenvalue weighted by Gasteiger charge is 2.17. The number of hydrogen-bond acceptors (Lipinski definition) is 4. The SMILES string of the molecule is CCNC(=NCc1cc(Br)ccc1OC)NCC(C)N1CCOCC1. The number of methoxy groups -OCH3 is 1. The summed E-state index contributed by atoms with van der Waals surface area (Å²) in [6.45, 7) is 10.2. The molecule has 1 aromatic rings. The molecule has 1 fully saturated rings. The largest absolute Gasteiger partial charge is 0.496 e. The average molecular weight is 413 g/mol. The van der Waals surface area contributed by atoms with Gasteiger partial charge in [0.25, 0.3) is 0 Å². The zero-order valence-electron chi connectivity index (χ0n) is 15.3. The summed E-state index contributed by atoms with van der Waals surface area (Å²) in [7, 11) is 1.68. The minimum Gasteiger partial charge on any atom is -0.496 e. The Kier molecular flexibility index (Phi) is 8.51. The summed E-state index contributed by atoms with van der Waals surface area (Å²) in [5.74, 6) is 1.68. The fraction of sp³-hybridized carbons (Fsp3) is 0.611. The third-order valence-electron chi connectivity index (χ3n) is 4.23. The molecule has 6 nitrogen and oxygen atoms in total. The first-order chi connectivity index (χ1) is 12.1. The number of benzene rings is 1. The van der Waals surface area contributed by atoms with E-state index in [0.717, 1.165) is 61.1 Å². The van der Waals surface area contributed by atoms with E-state index in [0.29, 0.717) is 12.6 Å². The summed E-state index contributed by atoms with van der Waals surface area (Å²) in [6, 6.07) is 6.41. The highest BCUT2D eigenvalue weighted by molar-refractivity contribution is 9.10. The van der Waals surface area contributed by atoms with E-state index in [9.17, 15) is 0 Å². The van der Waals surface area contributed by atoms with Crippen molar-refractivity contribution in [3.8, 4) is 5.75 Å². The van der Waals surface area contributed by atoms with E-state index in [2.05, 4.69) is 45.3 Å². The van der Waals surface area contributed by atoms with Crippen LogP contribution < -0.4 is 15.4 Å². The number of hydrogen-bond donors (Lipinski definition) is 2. The first kappa shape index (κ1) is 20.0. The molecule has 0 saturated carbocycles. The van der Waals surface area contributed by atoms with Gasteiger partial charge >= 0.3 is 0 Å². The van der Waals surface area contributed by atoms with Gasteiger partial charge in [-0.1, -0.05) is 15.9 Å². The lowest BCUT2D eigenvalue weighted by Crippen LogP contribution is -2.49. The Hall–Kier alpha value is -1.31. The molecule has 7 heteroatoms. The van der Waals surface area contributed by atoms with Crippen LogP contribution in [0.5, 0.6) is 5.75 Å². The summed E-state index contributed by atoms with van der Waals surface area (Å²) in [5, 5.41) is 6.75. The van der Waals surface area contributed by atoms with Crippen LogP contribution in [-0.2, 0) is 11.3 Å². The van der Waals surface area contributed by atoms with Crippen LogP contribution >= 0.6 is 15.9 Å². The molecule has 1 heterocycles. The third-order valence-corrected chi connectivity index (χ3v) is 4.72. The topological polar surface area (TPSA) is 58.1 Å². The number of nitrogens with one attached hydrogen (secondary N) is 2. The molecule has 140 valence electrons. The molecule has 0 aliphatic carbocycles. The summed E-state index contributed by atoms with van der Waals surface area (Å²) in [6.07, 6.45) is 0. The minimum atomic E-state index is 0.438.